The van der Waals surface area contributed by atoms with Crippen molar-refractivity contribution in [3.05, 3.63) is 33.9 Å². The van der Waals surface area contributed by atoms with Crippen LogP contribution >= 0.6 is 0 Å². The van der Waals surface area contributed by atoms with E-state index in [1.54, 1.807) is 19.2 Å². The van der Waals surface area contributed by atoms with Crippen molar-refractivity contribution in [2.45, 2.75) is 20.0 Å². The topological polar surface area (TPSA) is 64.4 Å². The molecule has 0 saturated heterocycles. The van der Waals surface area contributed by atoms with Crippen LogP contribution in [0.1, 0.15) is 18.9 Å². The summed E-state index contributed by atoms with van der Waals surface area (Å²) in [6.07, 6.45) is 0.964. The maximum Gasteiger partial charge on any atom is 0.292 e. The second-order valence-corrected chi connectivity index (χ2v) is 3.41. The van der Waals surface area contributed by atoms with Crippen molar-refractivity contribution >= 4 is 11.4 Å². The van der Waals surface area contributed by atoms with Crippen molar-refractivity contribution in [2.24, 2.45) is 0 Å². The maximum absolute atomic E-state index is 10.7. The van der Waals surface area contributed by atoms with E-state index < -0.39 is 4.92 Å². The lowest BCUT2D eigenvalue weighted by Crippen LogP contribution is -1.99. The molecule has 5 heteroatoms. The van der Waals surface area contributed by atoms with E-state index in [1.165, 1.54) is 6.07 Å². The van der Waals surface area contributed by atoms with Gasteiger partial charge in [0.15, 0.2) is 0 Å². The number of ether oxygens (including phenoxy) is 1. The van der Waals surface area contributed by atoms with Crippen LogP contribution in [0.5, 0.6) is 0 Å². The summed E-state index contributed by atoms with van der Waals surface area (Å²) in [4.78, 5) is 10.3. The van der Waals surface area contributed by atoms with Crippen LogP contribution in [-0.2, 0) is 11.3 Å². The fourth-order valence-electron chi connectivity index (χ4n) is 1.37. The summed E-state index contributed by atoms with van der Waals surface area (Å²) in [5.74, 6) is 0. The van der Waals surface area contributed by atoms with Crippen LogP contribution in [0.4, 0.5) is 11.4 Å². The molecule has 0 unspecified atom stereocenters. The van der Waals surface area contributed by atoms with Gasteiger partial charge in [0.25, 0.3) is 5.69 Å². The number of hydrogen-bond acceptors (Lipinski definition) is 4. The average molecular weight is 224 g/mol. The fourth-order valence-corrected chi connectivity index (χ4v) is 1.37. The number of anilines is 1. The first-order valence-electron chi connectivity index (χ1n) is 5.21. The summed E-state index contributed by atoms with van der Waals surface area (Å²) < 4.78 is 5.37. The number of nitro groups is 1. The smallest absolute Gasteiger partial charge is 0.292 e. The second kappa shape index (κ2) is 6.07. The van der Waals surface area contributed by atoms with Crippen molar-refractivity contribution in [1.82, 2.24) is 0 Å². The van der Waals surface area contributed by atoms with Crippen molar-refractivity contribution in [3.8, 4) is 0 Å². The van der Waals surface area contributed by atoms with Gasteiger partial charge in [0, 0.05) is 19.7 Å². The number of nitrogens with one attached hydrogen (secondary N) is 1. The summed E-state index contributed by atoms with van der Waals surface area (Å²) in [7, 11) is 1.67. The highest BCUT2D eigenvalue weighted by Gasteiger charge is 2.12. The third-order valence-electron chi connectivity index (χ3n) is 2.14. The van der Waals surface area contributed by atoms with E-state index in [1.807, 2.05) is 6.92 Å². The summed E-state index contributed by atoms with van der Waals surface area (Å²) >= 11 is 0. The molecule has 0 saturated carbocycles. The van der Waals surface area contributed by atoms with E-state index in [4.69, 9.17) is 4.74 Å². The molecular weight excluding hydrogens is 208 g/mol. The van der Waals surface area contributed by atoms with Crippen LogP contribution in [0.25, 0.3) is 0 Å². The Hall–Kier alpha value is -1.62. The highest BCUT2D eigenvalue weighted by Crippen LogP contribution is 2.25. The molecule has 0 fully saturated rings. The Bertz CT molecular complexity index is 366. The molecule has 1 N–H and O–H groups in total. The van der Waals surface area contributed by atoms with Gasteiger partial charge in [0.05, 0.1) is 11.5 Å². The van der Waals surface area contributed by atoms with Gasteiger partial charge in [0.1, 0.15) is 5.69 Å². The molecule has 0 aliphatic rings. The van der Waals surface area contributed by atoms with E-state index in [2.05, 4.69) is 5.32 Å². The van der Waals surface area contributed by atoms with Crippen molar-refractivity contribution in [1.29, 1.82) is 0 Å². The molecule has 16 heavy (non-hydrogen) atoms. The molecule has 0 spiro atoms. The zero-order chi connectivity index (χ0) is 12.0. The van der Waals surface area contributed by atoms with Gasteiger partial charge in [-0.2, -0.15) is 0 Å². The predicted molar refractivity (Wildman–Crippen MR) is 62.6 cm³/mol. The van der Waals surface area contributed by atoms with Crippen LogP contribution in [0.15, 0.2) is 18.2 Å². The molecule has 0 atom stereocenters. The zero-order valence-electron chi connectivity index (χ0n) is 9.53. The molecule has 0 heterocycles. The summed E-state index contributed by atoms with van der Waals surface area (Å²) in [5.41, 5.74) is 1.53. The quantitative estimate of drug-likeness (QED) is 0.458. The van der Waals surface area contributed by atoms with Gasteiger partial charge in [-0.15, -0.1) is 0 Å². The lowest BCUT2D eigenvalue weighted by molar-refractivity contribution is -0.384. The number of nitro benzene ring substituents is 1. The molecule has 0 aromatic heterocycles. The monoisotopic (exact) mass is 224 g/mol. The van der Waals surface area contributed by atoms with Gasteiger partial charge in [-0.3, -0.25) is 10.1 Å². The molecule has 0 amide bonds. The molecule has 0 radical (unpaired) electrons. The Labute approximate surface area is 94.6 Å². The van der Waals surface area contributed by atoms with E-state index >= 15 is 0 Å². The standard InChI is InChI=1S/C11H16N2O3/c1-3-6-16-8-9-4-5-11(13(14)15)10(7-9)12-2/h4-5,7,12H,3,6,8H2,1-2H3. The Morgan fingerprint density at radius 1 is 1.50 bits per heavy atom. The summed E-state index contributed by atoms with van der Waals surface area (Å²) in [5, 5.41) is 13.5. The van der Waals surface area contributed by atoms with Gasteiger partial charge >= 0.3 is 0 Å². The molecule has 5 nitrogen and oxygen atoms in total. The largest absolute Gasteiger partial charge is 0.383 e. The number of benzene rings is 1. The Morgan fingerprint density at radius 2 is 2.25 bits per heavy atom. The molecule has 0 bridgehead atoms. The molecule has 1 rings (SSSR count). The normalized spacial score (nSPS) is 10.1. The Morgan fingerprint density at radius 3 is 2.81 bits per heavy atom. The molecule has 88 valence electrons. The van der Waals surface area contributed by atoms with Crippen LogP contribution in [0.3, 0.4) is 0 Å². The number of nitrogens with zero attached hydrogens (tertiary/aromatic N) is 1. The molecule has 1 aromatic carbocycles. The van der Waals surface area contributed by atoms with E-state index in [0.29, 0.717) is 18.9 Å². The van der Waals surface area contributed by atoms with Gasteiger partial charge < -0.3 is 10.1 Å². The molecule has 0 aliphatic heterocycles. The predicted octanol–water partition coefficient (Wildman–Crippen LogP) is 2.56. The Kier molecular flexibility index (Phi) is 4.72. The van der Waals surface area contributed by atoms with Crippen LogP contribution in [0.2, 0.25) is 0 Å². The zero-order valence-corrected chi connectivity index (χ0v) is 9.53. The molecule has 0 aliphatic carbocycles. The number of hydrogen-bond donors (Lipinski definition) is 1. The van der Waals surface area contributed by atoms with E-state index in [-0.39, 0.29) is 5.69 Å². The number of rotatable bonds is 6. The third kappa shape index (κ3) is 3.20. The highest BCUT2D eigenvalue weighted by molar-refractivity contribution is 5.62. The summed E-state index contributed by atoms with van der Waals surface area (Å²) in [6.45, 7) is 3.22. The minimum atomic E-state index is -0.400. The lowest BCUT2D eigenvalue weighted by atomic mass is 10.2. The average Bonchev–Trinajstić information content (AvgIpc) is 2.29. The lowest BCUT2D eigenvalue weighted by Gasteiger charge is -2.06. The van der Waals surface area contributed by atoms with Gasteiger partial charge in [-0.1, -0.05) is 6.92 Å². The minimum absolute atomic E-state index is 0.0849. The van der Waals surface area contributed by atoms with Crippen molar-refractivity contribution in [3.63, 3.8) is 0 Å². The minimum Gasteiger partial charge on any atom is -0.383 e. The van der Waals surface area contributed by atoms with Gasteiger partial charge in [-0.05, 0) is 24.1 Å². The van der Waals surface area contributed by atoms with Crippen LogP contribution in [-0.4, -0.2) is 18.6 Å². The Balaban J connectivity index is 2.78. The van der Waals surface area contributed by atoms with Crippen molar-refractivity contribution in [2.75, 3.05) is 19.0 Å². The first-order valence-corrected chi connectivity index (χ1v) is 5.21. The SMILES string of the molecule is CCCOCc1ccc([N+](=O)[O-])c(NC)c1. The molecular formula is C11H16N2O3. The highest BCUT2D eigenvalue weighted by atomic mass is 16.6. The van der Waals surface area contributed by atoms with E-state index in [9.17, 15) is 10.1 Å². The van der Waals surface area contributed by atoms with Crippen LogP contribution in [0, 0.1) is 10.1 Å². The first-order chi connectivity index (χ1) is 7.69. The second-order valence-electron chi connectivity index (χ2n) is 3.41. The molecule has 1 aromatic rings. The van der Waals surface area contributed by atoms with Crippen LogP contribution < -0.4 is 5.32 Å². The first kappa shape index (κ1) is 12.4. The fraction of sp³-hybridized carbons (Fsp3) is 0.455. The van der Waals surface area contributed by atoms with Gasteiger partial charge in [-0.25, -0.2) is 0 Å². The summed E-state index contributed by atoms with van der Waals surface area (Å²) in [6, 6.07) is 4.96. The van der Waals surface area contributed by atoms with Crippen molar-refractivity contribution < 1.29 is 9.66 Å². The maximum atomic E-state index is 10.7. The third-order valence-corrected chi connectivity index (χ3v) is 2.14. The van der Waals surface area contributed by atoms with Gasteiger partial charge in [0.2, 0.25) is 0 Å². The van der Waals surface area contributed by atoms with E-state index in [0.717, 1.165) is 12.0 Å².